The average Bonchev–Trinajstić information content (AvgIpc) is 2.98. The van der Waals surface area contributed by atoms with Crippen molar-refractivity contribution in [2.24, 2.45) is 11.8 Å². The molecule has 3 rings (SSSR count). The van der Waals surface area contributed by atoms with Gasteiger partial charge in [0.15, 0.2) is 5.78 Å². The van der Waals surface area contributed by atoms with Gasteiger partial charge in [0, 0.05) is 31.3 Å². The maximum absolute atomic E-state index is 12.4. The SMILES string of the molecule is CC(=O)OC/C(C)=C/CCC(C)C1=CC[C@]2(C)OC3=C(C[C@H]12)C(=O)[C@@H](O)CC3. The van der Waals surface area contributed by atoms with Crippen molar-refractivity contribution in [3.05, 3.63) is 34.6 Å². The Morgan fingerprint density at radius 1 is 1.46 bits per heavy atom. The van der Waals surface area contributed by atoms with E-state index in [2.05, 4.69) is 26.0 Å². The molecule has 0 saturated carbocycles. The molecule has 154 valence electrons. The molecule has 0 spiro atoms. The van der Waals surface area contributed by atoms with E-state index in [1.807, 2.05) is 6.92 Å². The summed E-state index contributed by atoms with van der Waals surface area (Å²) in [6.07, 6.45) is 8.14. The maximum atomic E-state index is 12.4. The summed E-state index contributed by atoms with van der Waals surface area (Å²) < 4.78 is 11.4. The predicted octanol–water partition coefficient (Wildman–Crippen LogP) is 4.02. The number of ether oxygens (including phenoxy) is 2. The van der Waals surface area contributed by atoms with Crippen LogP contribution in [0.5, 0.6) is 0 Å². The Balaban J connectivity index is 1.63. The zero-order valence-corrected chi connectivity index (χ0v) is 17.4. The Morgan fingerprint density at radius 2 is 2.21 bits per heavy atom. The third kappa shape index (κ3) is 4.24. The molecule has 5 nitrogen and oxygen atoms in total. The quantitative estimate of drug-likeness (QED) is 0.550. The van der Waals surface area contributed by atoms with Crippen molar-refractivity contribution in [3.63, 3.8) is 0 Å². The molecular formula is C23H32O5. The highest BCUT2D eigenvalue weighted by atomic mass is 16.5. The van der Waals surface area contributed by atoms with Gasteiger partial charge in [-0.1, -0.05) is 24.6 Å². The second-order valence-electron chi connectivity index (χ2n) is 8.71. The van der Waals surface area contributed by atoms with Crippen molar-refractivity contribution >= 4 is 11.8 Å². The molecule has 0 fully saturated rings. The second-order valence-corrected chi connectivity index (χ2v) is 8.71. The van der Waals surface area contributed by atoms with Crippen LogP contribution in [-0.4, -0.2) is 35.2 Å². The number of esters is 1. The van der Waals surface area contributed by atoms with Crippen molar-refractivity contribution in [1.82, 2.24) is 0 Å². The number of hydrogen-bond donors (Lipinski definition) is 1. The molecule has 1 N–H and O–H groups in total. The van der Waals surface area contributed by atoms with Crippen molar-refractivity contribution < 1.29 is 24.2 Å². The Morgan fingerprint density at radius 3 is 2.93 bits per heavy atom. The first-order valence-corrected chi connectivity index (χ1v) is 10.3. The Kier molecular flexibility index (Phi) is 6.13. The molecule has 0 saturated heterocycles. The lowest BCUT2D eigenvalue weighted by atomic mass is 9.74. The number of Topliss-reactive ketones (excluding diaryl/α,β-unsaturated/α-hetero) is 1. The number of hydrogen-bond acceptors (Lipinski definition) is 5. The van der Waals surface area contributed by atoms with Gasteiger partial charge >= 0.3 is 5.97 Å². The summed E-state index contributed by atoms with van der Waals surface area (Å²) in [5, 5.41) is 9.95. The van der Waals surface area contributed by atoms with Gasteiger partial charge in [-0.05, 0) is 51.0 Å². The van der Waals surface area contributed by atoms with Crippen LogP contribution >= 0.6 is 0 Å². The normalized spacial score (nSPS) is 31.0. The fourth-order valence-electron chi connectivity index (χ4n) is 4.67. The molecule has 3 aliphatic rings. The lowest BCUT2D eigenvalue weighted by Crippen LogP contribution is -2.43. The summed E-state index contributed by atoms with van der Waals surface area (Å²) in [5.74, 6) is 0.983. The standard InChI is InChI=1S/C23H32O5/c1-14(13-27-16(3)24)6-5-7-15(2)17-10-11-23(4)19(17)12-18-21(28-23)9-8-20(25)22(18)26/h6,10,15,19-20,25H,5,7-9,11-13H2,1-4H3/b14-6+/t15?,19-,20+,23+/m1/s1. The average molecular weight is 389 g/mol. The fourth-order valence-corrected chi connectivity index (χ4v) is 4.67. The molecule has 0 aromatic carbocycles. The lowest BCUT2D eigenvalue weighted by molar-refractivity contribution is -0.140. The third-order valence-electron chi connectivity index (χ3n) is 6.39. The van der Waals surface area contributed by atoms with E-state index in [-0.39, 0.29) is 23.3 Å². The minimum atomic E-state index is -0.872. The largest absolute Gasteiger partial charge is 0.491 e. The molecule has 0 aromatic rings. The lowest BCUT2D eigenvalue weighted by Gasteiger charge is -2.43. The number of aliphatic hydroxyl groups is 1. The summed E-state index contributed by atoms with van der Waals surface area (Å²) in [4.78, 5) is 23.3. The van der Waals surface area contributed by atoms with Crippen LogP contribution in [0, 0.1) is 11.8 Å². The first-order chi connectivity index (χ1) is 13.2. The van der Waals surface area contributed by atoms with E-state index in [9.17, 15) is 14.7 Å². The molecule has 1 heterocycles. The van der Waals surface area contributed by atoms with Gasteiger partial charge in [0.1, 0.15) is 24.1 Å². The van der Waals surface area contributed by atoms with Crippen LogP contribution in [-0.2, 0) is 19.1 Å². The van der Waals surface area contributed by atoms with Gasteiger partial charge in [0.2, 0.25) is 0 Å². The monoisotopic (exact) mass is 388 g/mol. The predicted molar refractivity (Wildman–Crippen MR) is 106 cm³/mol. The van der Waals surface area contributed by atoms with E-state index in [4.69, 9.17) is 9.47 Å². The van der Waals surface area contributed by atoms with Crippen LogP contribution < -0.4 is 0 Å². The van der Waals surface area contributed by atoms with Gasteiger partial charge in [-0.25, -0.2) is 0 Å². The van der Waals surface area contributed by atoms with Crippen LogP contribution in [0.4, 0.5) is 0 Å². The molecule has 0 radical (unpaired) electrons. The first-order valence-electron chi connectivity index (χ1n) is 10.3. The number of aliphatic hydroxyl groups excluding tert-OH is 1. The number of carbonyl (C=O) groups excluding carboxylic acids is 2. The zero-order chi connectivity index (χ0) is 20.5. The van der Waals surface area contributed by atoms with Crippen LogP contribution in [0.2, 0.25) is 0 Å². The van der Waals surface area contributed by atoms with Crippen LogP contribution in [0.15, 0.2) is 34.6 Å². The van der Waals surface area contributed by atoms with Gasteiger partial charge in [0.05, 0.1) is 0 Å². The van der Waals surface area contributed by atoms with E-state index in [0.717, 1.165) is 30.6 Å². The molecule has 1 unspecified atom stereocenters. The minimum Gasteiger partial charge on any atom is -0.491 e. The summed E-state index contributed by atoms with van der Waals surface area (Å²) in [6, 6.07) is 0. The van der Waals surface area contributed by atoms with Crippen LogP contribution in [0.25, 0.3) is 0 Å². The van der Waals surface area contributed by atoms with E-state index >= 15 is 0 Å². The molecule has 1 aliphatic heterocycles. The minimum absolute atomic E-state index is 0.147. The number of carbonyl (C=O) groups is 2. The second kappa shape index (κ2) is 8.24. The van der Waals surface area contributed by atoms with Crippen LogP contribution in [0.1, 0.15) is 66.2 Å². The van der Waals surface area contributed by atoms with E-state index in [1.165, 1.54) is 12.5 Å². The highest BCUT2D eigenvalue weighted by Crippen LogP contribution is 2.51. The van der Waals surface area contributed by atoms with E-state index in [1.54, 1.807) is 0 Å². The molecule has 5 heteroatoms. The number of ketones is 1. The number of fused-ring (bicyclic) bond motifs is 1. The number of rotatable bonds is 6. The molecule has 28 heavy (non-hydrogen) atoms. The van der Waals surface area contributed by atoms with Gasteiger partial charge < -0.3 is 14.6 Å². The molecule has 0 amide bonds. The summed E-state index contributed by atoms with van der Waals surface area (Å²) >= 11 is 0. The fraction of sp³-hybridized carbons (Fsp3) is 0.652. The van der Waals surface area contributed by atoms with Crippen LogP contribution in [0.3, 0.4) is 0 Å². The number of allylic oxidation sites excluding steroid dienone is 2. The molecular weight excluding hydrogens is 356 g/mol. The first kappa shape index (κ1) is 20.8. The van der Waals surface area contributed by atoms with Crippen molar-refractivity contribution in [2.75, 3.05) is 6.61 Å². The smallest absolute Gasteiger partial charge is 0.302 e. The van der Waals surface area contributed by atoms with Gasteiger partial charge in [0.25, 0.3) is 0 Å². The van der Waals surface area contributed by atoms with Crippen molar-refractivity contribution in [1.29, 1.82) is 0 Å². The molecule has 4 atom stereocenters. The molecule has 0 bridgehead atoms. The highest BCUT2D eigenvalue weighted by Gasteiger charge is 2.49. The van der Waals surface area contributed by atoms with E-state index in [0.29, 0.717) is 37.4 Å². The molecule has 0 aromatic heterocycles. The van der Waals surface area contributed by atoms with Gasteiger partial charge in [-0.15, -0.1) is 0 Å². The van der Waals surface area contributed by atoms with Crippen molar-refractivity contribution in [2.45, 2.75) is 77.9 Å². The molecule has 2 aliphatic carbocycles. The third-order valence-corrected chi connectivity index (χ3v) is 6.39. The van der Waals surface area contributed by atoms with Gasteiger partial charge in [-0.3, -0.25) is 9.59 Å². The highest BCUT2D eigenvalue weighted by molar-refractivity contribution is 6.00. The summed E-state index contributed by atoms with van der Waals surface area (Å²) in [5.41, 5.74) is 2.86. The van der Waals surface area contributed by atoms with E-state index < -0.39 is 6.10 Å². The summed E-state index contributed by atoms with van der Waals surface area (Å²) in [6.45, 7) is 8.12. The zero-order valence-electron chi connectivity index (χ0n) is 17.4. The Hall–Kier alpha value is -1.88. The van der Waals surface area contributed by atoms with Crippen molar-refractivity contribution in [3.8, 4) is 0 Å². The van der Waals surface area contributed by atoms with Gasteiger partial charge in [-0.2, -0.15) is 0 Å². The summed E-state index contributed by atoms with van der Waals surface area (Å²) in [7, 11) is 0. The Labute approximate surface area is 167 Å². The maximum Gasteiger partial charge on any atom is 0.302 e. The topological polar surface area (TPSA) is 72.8 Å². The Bertz CT molecular complexity index is 744.